The molecule has 5 rings (SSSR count). The van der Waals surface area contributed by atoms with Crippen molar-refractivity contribution < 1.29 is 14.3 Å². The Labute approximate surface area is 188 Å². The fourth-order valence-electron chi connectivity index (χ4n) is 5.04. The summed E-state index contributed by atoms with van der Waals surface area (Å²) in [4.78, 5) is 32.6. The molecular weight excluding hydrogens is 404 g/mol. The van der Waals surface area contributed by atoms with Crippen molar-refractivity contribution in [3.63, 3.8) is 0 Å². The molecule has 2 saturated heterocycles. The third-order valence-electron chi connectivity index (χ3n) is 6.73. The molecule has 0 unspecified atom stereocenters. The summed E-state index contributed by atoms with van der Waals surface area (Å²) in [5.74, 6) is -0.0819. The van der Waals surface area contributed by atoms with Crippen molar-refractivity contribution in [3.8, 4) is 0 Å². The number of ether oxygens (including phenoxy) is 1. The smallest absolute Gasteiger partial charge is 0.257 e. The van der Waals surface area contributed by atoms with Crippen molar-refractivity contribution >= 4 is 28.9 Å². The number of morpholine rings is 1. The van der Waals surface area contributed by atoms with Gasteiger partial charge in [-0.25, -0.2) is 0 Å². The largest absolute Gasteiger partial charge is 0.378 e. The molecule has 2 aromatic rings. The van der Waals surface area contributed by atoms with Crippen molar-refractivity contribution in [1.82, 2.24) is 4.90 Å². The number of piperidine rings is 1. The van der Waals surface area contributed by atoms with E-state index in [0.717, 1.165) is 75.7 Å². The maximum Gasteiger partial charge on any atom is 0.257 e. The maximum atomic E-state index is 13.0. The van der Waals surface area contributed by atoms with E-state index in [9.17, 15) is 9.59 Å². The molecule has 3 heterocycles. The lowest BCUT2D eigenvalue weighted by atomic mass is 9.97. The fraction of sp³-hybridized carbons (Fsp3) is 0.440. The standard InChI is InChI=1S/C25H30N4O3/c1-2-28-22-17-18(6-11-21(22)25(31)29-12-4-3-5-23(28)29)24(30)26-19-7-9-20(10-8-19)27-13-15-32-16-14-27/h6-11,17,23H,2-5,12-16H2,1H3,(H,26,30)/t23-/m0/s1. The molecule has 3 aliphatic rings. The van der Waals surface area contributed by atoms with Gasteiger partial charge < -0.3 is 24.8 Å². The predicted octanol–water partition coefficient (Wildman–Crippen LogP) is 3.57. The first-order valence-corrected chi connectivity index (χ1v) is 11.6. The minimum absolute atomic E-state index is 0.0834. The van der Waals surface area contributed by atoms with Crippen LogP contribution in [0.5, 0.6) is 0 Å². The molecule has 168 valence electrons. The first-order chi connectivity index (χ1) is 15.7. The molecule has 2 fully saturated rings. The number of hydrogen-bond donors (Lipinski definition) is 1. The average Bonchev–Trinajstić information content (AvgIpc) is 2.85. The highest BCUT2D eigenvalue weighted by molar-refractivity contribution is 6.08. The molecule has 0 saturated carbocycles. The van der Waals surface area contributed by atoms with Gasteiger partial charge in [0.15, 0.2) is 0 Å². The lowest BCUT2D eigenvalue weighted by Gasteiger charge is -2.47. The average molecular weight is 435 g/mol. The summed E-state index contributed by atoms with van der Waals surface area (Å²) in [5.41, 5.74) is 4.02. The van der Waals surface area contributed by atoms with Gasteiger partial charge in [0.25, 0.3) is 11.8 Å². The van der Waals surface area contributed by atoms with Crippen molar-refractivity contribution in [2.24, 2.45) is 0 Å². The third kappa shape index (κ3) is 3.81. The van der Waals surface area contributed by atoms with Crippen LogP contribution in [0.25, 0.3) is 0 Å². The zero-order valence-electron chi connectivity index (χ0n) is 18.5. The number of nitrogens with one attached hydrogen (secondary N) is 1. The minimum Gasteiger partial charge on any atom is -0.378 e. The van der Waals surface area contributed by atoms with Crippen LogP contribution in [0, 0.1) is 0 Å². The van der Waals surface area contributed by atoms with Gasteiger partial charge >= 0.3 is 0 Å². The number of fused-ring (bicyclic) bond motifs is 2. The highest BCUT2D eigenvalue weighted by Crippen LogP contribution is 2.36. The van der Waals surface area contributed by atoms with Crippen molar-refractivity contribution in [2.45, 2.75) is 32.4 Å². The van der Waals surface area contributed by atoms with Gasteiger partial charge in [0.05, 0.1) is 24.5 Å². The minimum atomic E-state index is -0.165. The van der Waals surface area contributed by atoms with Crippen LogP contribution in [-0.2, 0) is 4.74 Å². The Kier molecular flexibility index (Phi) is 5.74. The molecule has 1 N–H and O–H groups in total. The van der Waals surface area contributed by atoms with Gasteiger partial charge in [-0.2, -0.15) is 0 Å². The van der Waals surface area contributed by atoms with Crippen molar-refractivity contribution in [1.29, 1.82) is 0 Å². The summed E-state index contributed by atoms with van der Waals surface area (Å²) in [6.45, 7) is 6.96. The van der Waals surface area contributed by atoms with E-state index in [1.165, 1.54) is 0 Å². The fourth-order valence-corrected chi connectivity index (χ4v) is 5.04. The quantitative estimate of drug-likeness (QED) is 0.797. The molecule has 0 aliphatic carbocycles. The number of hydrogen-bond acceptors (Lipinski definition) is 5. The second kappa shape index (κ2) is 8.82. The summed E-state index contributed by atoms with van der Waals surface area (Å²) in [6, 6.07) is 13.4. The Balaban J connectivity index is 1.34. The third-order valence-corrected chi connectivity index (χ3v) is 6.73. The number of carbonyl (C=O) groups excluding carboxylic acids is 2. The first kappa shape index (κ1) is 20.8. The highest BCUT2D eigenvalue weighted by Gasteiger charge is 2.38. The Morgan fingerprint density at radius 2 is 1.84 bits per heavy atom. The first-order valence-electron chi connectivity index (χ1n) is 11.6. The Morgan fingerprint density at radius 3 is 2.59 bits per heavy atom. The van der Waals surface area contributed by atoms with E-state index < -0.39 is 0 Å². The molecular formula is C25H30N4O3. The lowest BCUT2D eigenvalue weighted by molar-refractivity contribution is 0.0582. The van der Waals surface area contributed by atoms with E-state index in [0.29, 0.717) is 11.1 Å². The maximum absolute atomic E-state index is 13.0. The number of benzene rings is 2. The SMILES string of the molecule is CCN1c2cc(C(=O)Nc3ccc(N4CCOCC4)cc3)ccc2C(=O)N2CCCC[C@H]21. The van der Waals surface area contributed by atoms with Crippen LogP contribution in [0.15, 0.2) is 42.5 Å². The van der Waals surface area contributed by atoms with E-state index in [2.05, 4.69) is 22.0 Å². The number of amides is 2. The van der Waals surface area contributed by atoms with Crippen LogP contribution in [0.4, 0.5) is 17.1 Å². The van der Waals surface area contributed by atoms with Crippen LogP contribution in [-0.4, -0.2) is 62.3 Å². The van der Waals surface area contributed by atoms with E-state index >= 15 is 0 Å². The van der Waals surface area contributed by atoms with Crippen LogP contribution in [0.2, 0.25) is 0 Å². The van der Waals surface area contributed by atoms with Crippen LogP contribution < -0.4 is 15.1 Å². The molecule has 0 aromatic heterocycles. The molecule has 2 amide bonds. The molecule has 3 aliphatic heterocycles. The summed E-state index contributed by atoms with van der Waals surface area (Å²) in [7, 11) is 0. The van der Waals surface area contributed by atoms with Crippen LogP contribution >= 0.6 is 0 Å². The predicted molar refractivity (Wildman–Crippen MR) is 126 cm³/mol. The second-order valence-electron chi connectivity index (χ2n) is 8.59. The zero-order chi connectivity index (χ0) is 22.1. The number of rotatable bonds is 4. The van der Waals surface area contributed by atoms with E-state index in [-0.39, 0.29) is 18.0 Å². The molecule has 1 atom stereocenters. The zero-order valence-corrected chi connectivity index (χ0v) is 18.5. The van der Waals surface area contributed by atoms with Gasteiger partial charge in [-0.1, -0.05) is 0 Å². The van der Waals surface area contributed by atoms with E-state index in [4.69, 9.17) is 4.74 Å². The van der Waals surface area contributed by atoms with Gasteiger partial charge in [-0.3, -0.25) is 9.59 Å². The normalized spacial score (nSPS) is 20.6. The Bertz CT molecular complexity index is 1000. The summed E-state index contributed by atoms with van der Waals surface area (Å²) in [6.07, 6.45) is 3.26. The molecule has 2 aromatic carbocycles. The van der Waals surface area contributed by atoms with Crippen molar-refractivity contribution in [2.75, 3.05) is 54.5 Å². The summed E-state index contributed by atoms with van der Waals surface area (Å²) >= 11 is 0. The van der Waals surface area contributed by atoms with Gasteiger partial charge in [-0.05, 0) is 68.7 Å². The topological polar surface area (TPSA) is 65.1 Å². The van der Waals surface area contributed by atoms with Crippen molar-refractivity contribution in [3.05, 3.63) is 53.6 Å². The molecule has 0 spiro atoms. The second-order valence-corrected chi connectivity index (χ2v) is 8.59. The molecule has 7 heteroatoms. The van der Waals surface area contributed by atoms with E-state index in [1.54, 1.807) is 6.07 Å². The van der Waals surface area contributed by atoms with Crippen LogP contribution in [0.3, 0.4) is 0 Å². The number of carbonyl (C=O) groups is 2. The number of anilines is 3. The van der Waals surface area contributed by atoms with Gasteiger partial charge in [0.1, 0.15) is 6.17 Å². The molecule has 32 heavy (non-hydrogen) atoms. The molecule has 0 radical (unpaired) electrons. The van der Waals surface area contributed by atoms with E-state index in [1.807, 2.05) is 41.3 Å². The monoisotopic (exact) mass is 434 g/mol. The number of nitrogens with zero attached hydrogens (tertiary/aromatic N) is 3. The van der Waals surface area contributed by atoms with Gasteiger partial charge in [0.2, 0.25) is 0 Å². The van der Waals surface area contributed by atoms with Gasteiger partial charge in [-0.15, -0.1) is 0 Å². The summed E-state index contributed by atoms with van der Waals surface area (Å²) < 4.78 is 5.41. The summed E-state index contributed by atoms with van der Waals surface area (Å²) in [5, 5.41) is 3.00. The Morgan fingerprint density at radius 1 is 1.06 bits per heavy atom. The highest BCUT2D eigenvalue weighted by atomic mass is 16.5. The Hall–Kier alpha value is -3.06. The van der Waals surface area contributed by atoms with Crippen LogP contribution in [0.1, 0.15) is 46.9 Å². The molecule has 7 nitrogen and oxygen atoms in total. The lowest BCUT2D eigenvalue weighted by Crippen LogP contribution is -2.57. The van der Waals surface area contributed by atoms with Gasteiger partial charge in [0, 0.05) is 43.1 Å². The molecule has 0 bridgehead atoms.